The number of unbranched alkanes of at least 4 members (excludes halogenated alkanes) is 3. The quantitative estimate of drug-likeness (QED) is 0.721. The molecular formula is C15H23ClF2N2O. The van der Waals surface area contributed by atoms with Gasteiger partial charge in [-0.1, -0.05) is 18.9 Å². The highest BCUT2D eigenvalue weighted by Gasteiger charge is 2.11. The Morgan fingerprint density at radius 3 is 2.48 bits per heavy atom. The first kappa shape index (κ1) is 19.8. The molecule has 0 aliphatic carbocycles. The van der Waals surface area contributed by atoms with Crippen LogP contribution in [0, 0.1) is 11.6 Å². The van der Waals surface area contributed by atoms with Crippen LogP contribution in [0.1, 0.15) is 50.6 Å². The number of amides is 1. The molecule has 0 spiro atoms. The lowest BCUT2D eigenvalue weighted by Gasteiger charge is -2.14. The van der Waals surface area contributed by atoms with E-state index >= 15 is 0 Å². The summed E-state index contributed by atoms with van der Waals surface area (Å²) in [6.45, 7) is 2.43. The third-order valence-corrected chi connectivity index (χ3v) is 3.18. The van der Waals surface area contributed by atoms with E-state index in [-0.39, 0.29) is 24.4 Å². The molecule has 1 aromatic carbocycles. The lowest BCUT2D eigenvalue weighted by molar-refractivity contribution is -0.121. The van der Waals surface area contributed by atoms with Crippen molar-refractivity contribution in [3.05, 3.63) is 35.4 Å². The van der Waals surface area contributed by atoms with Crippen molar-refractivity contribution < 1.29 is 13.6 Å². The van der Waals surface area contributed by atoms with Crippen molar-refractivity contribution in [2.24, 2.45) is 5.73 Å². The molecule has 1 unspecified atom stereocenters. The molecule has 3 N–H and O–H groups in total. The maximum absolute atomic E-state index is 13.1. The number of halogens is 3. The molecule has 0 fully saturated rings. The number of hydrogen-bond acceptors (Lipinski definition) is 2. The molecule has 21 heavy (non-hydrogen) atoms. The highest BCUT2D eigenvalue weighted by atomic mass is 35.5. The van der Waals surface area contributed by atoms with Crippen LogP contribution in [-0.4, -0.2) is 12.5 Å². The summed E-state index contributed by atoms with van der Waals surface area (Å²) in [7, 11) is 0. The molecule has 0 saturated heterocycles. The first-order valence-electron chi connectivity index (χ1n) is 6.99. The summed E-state index contributed by atoms with van der Waals surface area (Å²) >= 11 is 0. The molecule has 0 aliphatic heterocycles. The van der Waals surface area contributed by atoms with Gasteiger partial charge in [0.2, 0.25) is 5.91 Å². The fraction of sp³-hybridized carbons (Fsp3) is 0.533. The van der Waals surface area contributed by atoms with Gasteiger partial charge in [0.1, 0.15) is 0 Å². The molecule has 0 saturated carbocycles. The zero-order valence-corrected chi connectivity index (χ0v) is 13.0. The molecule has 0 aromatic heterocycles. The van der Waals surface area contributed by atoms with Crippen LogP contribution in [0.15, 0.2) is 18.2 Å². The van der Waals surface area contributed by atoms with E-state index in [2.05, 4.69) is 5.32 Å². The Labute approximate surface area is 130 Å². The summed E-state index contributed by atoms with van der Waals surface area (Å²) in [5, 5.41) is 2.78. The monoisotopic (exact) mass is 320 g/mol. The predicted octanol–water partition coefficient (Wildman–Crippen LogP) is 3.47. The van der Waals surface area contributed by atoms with E-state index in [9.17, 15) is 13.6 Å². The largest absolute Gasteiger partial charge is 0.350 e. The maximum atomic E-state index is 13.1. The minimum Gasteiger partial charge on any atom is -0.350 e. The van der Waals surface area contributed by atoms with E-state index in [4.69, 9.17) is 5.73 Å². The van der Waals surface area contributed by atoms with E-state index < -0.39 is 11.6 Å². The Kier molecular flexibility index (Phi) is 9.91. The molecule has 3 nitrogen and oxygen atoms in total. The third kappa shape index (κ3) is 7.39. The molecular weight excluding hydrogens is 298 g/mol. The summed E-state index contributed by atoms with van der Waals surface area (Å²) in [5.41, 5.74) is 5.94. The predicted molar refractivity (Wildman–Crippen MR) is 82.3 cm³/mol. The molecule has 1 atom stereocenters. The Morgan fingerprint density at radius 2 is 1.86 bits per heavy atom. The summed E-state index contributed by atoms with van der Waals surface area (Å²) < 4.78 is 25.9. The maximum Gasteiger partial charge on any atom is 0.220 e. The molecule has 0 radical (unpaired) electrons. The second-order valence-electron chi connectivity index (χ2n) is 4.92. The van der Waals surface area contributed by atoms with Gasteiger partial charge >= 0.3 is 0 Å². The van der Waals surface area contributed by atoms with Crippen LogP contribution in [0.3, 0.4) is 0 Å². The van der Waals surface area contributed by atoms with Crippen LogP contribution >= 0.6 is 12.4 Å². The first-order valence-corrected chi connectivity index (χ1v) is 6.99. The van der Waals surface area contributed by atoms with Crippen LogP contribution in [0.25, 0.3) is 0 Å². The van der Waals surface area contributed by atoms with Crippen molar-refractivity contribution in [3.8, 4) is 0 Å². The van der Waals surface area contributed by atoms with Crippen LogP contribution in [0.2, 0.25) is 0 Å². The number of nitrogens with two attached hydrogens (primary N) is 1. The van der Waals surface area contributed by atoms with Crippen molar-refractivity contribution in [3.63, 3.8) is 0 Å². The van der Waals surface area contributed by atoms with Gasteiger partial charge < -0.3 is 11.1 Å². The van der Waals surface area contributed by atoms with Crippen molar-refractivity contribution in [1.29, 1.82) is 0 Å². The number of nitrogens with one attached hydrogen (secondary N) is 1. The average molecular weight is 321 g/mol. The van der Waals surface area contributed by atoms with Gasteiger partial charge in [0.05, 0.1) is 6.04 Å². The molecule has 0 bridgehead atoms. The topological polar surface area (TPSA) is 55.1 Å². The SMILES string of the molecule is CC(NC(=O)CCCCCCN)c1ccc(F)c(F)c1.Cl. The third-order valence-electron chi connectivity index (χ3n) is 3.18. The van der Waals surface area contributed by atoms with Crippen molar-refractivity contribution in [1.82, 2.24) is 5.32 Å². The molecule has 6 heteroatoms. The molecule has 1 aromatic rings. The van der Waals surface area contributed by atoms with Gasteiger partial charge in [0.25, 0.3) is 0 Å². The Bertz CT molecular complexity index is 444. The fourth-order valence-corrected chi connectivity index (χ4v) is 1.96. The first-order chi connectivity index (χ1) is 9.54. The summed E-state index contributed by atoms with van der Waals surface area (Å²) in [4.78, 5) is 11.7. The number of carbonyl (C=O) groups is 1. The molecule has 0 heterocycles. The number of rotatable bonds is 8. The second-order valence-corrected chi connectivity index (χ2v) is 4.92. The second kappa shape index (κ2) is 10.5. The average Bonchev–Trinajstić information content (AvgIpc) is 2.41. The van der Waals surface area contributed by atoms with Gasteiger partial charge in [-0.3, -0.25) is 4.79 Å². The van der Waals surface area contributed by atoms with Gasteiger partial charge in [0.15, 0.2) is 11.6 Å². The summed E-state index contributed by atoms with van der Waals surface area (Å²) in [6.07, 6.45) is 4.24. The Balaban J connectivity index is 0.00000400. The fourth-order valence-electron chi connectivity index (χ4n) is 1.96. The van der Waals surface area contributed by atoms with E-state index in [1.807, 2.05) is 0 Å². The van der Waals surface area contributed by atoms with Gasteiger partial charge in [-0.15, -0.1) is 12.4 Å². The van der Waals surface area contributed by atoms with Crippen molar-refractivity contribution in [2.75, 3.05) is 6.54 Å². The van der Waals surface area contributed by atoms with E-state index in [0.717, 1.165) is 37.8 Å². The Hall–Kier alpha value is -1.20. The normalized spacial score (nSPS) is 11.6. The number of carbonyl (C=O) groups excluding carboxylic acids is 1. The van der Waals surface area contributed by atoms with E-state index in [1.54, 1.807) is 6.92 Å². The van der Waals surface area contributed by atoms with Crippen LogP contribution in [0.4, 0.5) is 8.78 Å². The smallest absolute Gasteiger partial charge is 0.220 e. The van der Waals surface area contributed by atoms with Gasteiger partial charge in [0, 0.05) is 6.42 Å². The highest BCUT2D eigenvalue weighted by molar-refractivity contribution is 5.85. The minimum atomic E-state index is -0.898. The summed E-state index contributed by atoms with van der Waals surface area (Å²) in [6, 6.07) is 3.33. The highest BCUT2D eigenvalue weighted by Crippen LogP contribution is 2.16. The van der Waals surface area contributed by atoms with E-state index in [0.29, 0.717) is 18.5 Å². The van der Waals surface area contributed by atoms with Gasteiger partial charge in [-0.05, 0) is 44.0 Å². The van der Waals surface area contributed by atoms with Crippen LogP contribution in [-0.2, 0) is 4.79 Å². The lowest BCUT2D eigenvalue weighted by Crippen LogP contribution is -2.26. The van der Waals surface area contributed by atoms with Crippen molar-refractivity contribution in [2.45, 2.75) is 45.1 Å². The Morgan fingerprint density at radius 1 is 1.19 bits per heavy atom. The van der Waals surface area contributed by atoms with E-state index in [1.165, 1.54) is 6.07 Å². The molecule has 1 amide bonds. The van der Waals surface area contributed by atoms with Crippen molar-refractivity contribution >= 4 is 18.3 Å². The number of hydrogen-bond donors (Lipinski definition) is 2. The zero-order chi connectivity index (χ0) is 15.0. The minimum absolute atomic E-state index is 0. The zero-order valence-electron chi connectivity index (χ0n) is 12.2. The van der Waals surface area contributed by atoms with Gasteiger partial charge in [-0.2, -0.15) is 0 Å². The molecule has 0 aliphatic rings. The number of benzene rings is 1. The van der Waals surface area contributed by atoms with Gasteiger partial charge in [-0.25, -0.2) is 8.78 Å². The molecule has 120 valence electrons. The lowest BCUT2D eigenvalue weighted by atomic mass is 10.1. The standard InChI is InChI=1S/C15H22F2N2O.ClH/c1-11(12-7-8-13(16)14(17)10-12)19-15(20)6-4-2-3-5-9-18;/h7-8,10-11H,2-6,9,18H2,1H3,(H,19,20);1H. The van der Waals surface area contributed by atoms with Crippen LogP contribution in [0.5, 0.6) is 0 Å². The molecule has 1 rings (SSSR count). The van der Waals surface area contributed by atoms with Crippen LogP contribution < -0.4 is 11.1 Å². The summed E-state index contributed by atoms with van der Waals surface area (Å²) in [5.74, 6) is -1.85.